The molecular weight excluding hydrogens is 277 g/mol. The lowest BCUT2D eigenvalue weighted by molar-refractivity contribution is 0.0636. The van der Waals surface area contributed by atoms with Crippen molar-refractivity contribution in [2.45, 2.75) is 64.4 Å². The lowest BCUT2D eigenvalue weighted by Gasteiger charge is -2.37. The highest BCUT2D eigenvalue weighted by Crippen LogP contribution is 2.42. The van der Waals surface area contributed by atoms with Crippen LogP contribution in [0.3, 0.4) is 0 Å². The molecule has 2 aliphatic carbocycles. The first-order valence-electron chi connectivity index (χ1n) is 8.09. The van der Waals surface area contributed by atoms with Crippen LogP contribution in [0.15, 0.2) is 24.2 Å². The Kier molecular flexibility index (Phi) is 6.19. The van der Waals surface area contributed by atoms with E-state index >= 15 is 0 Å². The molecule has 0 aromatic carbocycles. The molecule has 2 saturated carbocycles. The van der Waals surface area contributed by atoms with Crippen molar-refractivity contribution in [3.05, 3.63) is 24.2 Å². The number of hydrogen-bond acceptors (Lipinski definition) is 1. The van der Waals surface area contributed by atoms with E-state index in [0.29, 0.717) is 30.8 Å². The van der Waals surface area contributed by atoms with Gasteiger partial charge in [-0.1, -0.05) is 6.08 Å². The molecule has 21 heavy (non-hydrogen) atoms. The summed E-state index contributed by atoms with van der Waals surface area (Å²) in [5.74, 6) is -0.462. The molecule has 0 aromatic rings. The van der Waals surface area contributed by atoms with E-state index in [9.17, 15) is 13.2 Å². The number of rotatable bonds is 4. The van der Waals surface area contributed by atoms with E-state index in [1.807, 2.05) is 13.0 Å². The third-order valence-electron chi connectivity index (χ3n) is 5.10. The fourth-order valence-electron chi connectivity index (χ4n) is 3.88. The molecule has 2 fully saturated rings. The lowest BCUT2D eigenvalue weighted by atomic mass is 9.70. The molecule has 0 saturated heterocycles. The summed E-state index contributed by atoms with van der Waals surface area (Å²) in [6.07, 6.45) is 9.22. The van der Waals surface area contributed by atoms with Crippen molar-refractivity contribution in [1.82, 2.24) is 0 Å². The van der Waals surface area contributed by atoms with Crippen LogP contribution in [0.25, 0.3) is 0 Å². The zero-order valence-corrected chi connectivity index (χ0v) is 12.7. The first kappa shape index (κ1) is 16.4. The second kappa shape index (κ2) is 7.90. The minimum atomic E-state index is -2.12. The van der Waals surface area contributed by atoms with Crippen molar-refractivity contribution in [3.63, 3.8) is 0 Å². The summed E-state index contributed by atoms with van der Waals surface area (Å²) in [5, 5.41) is 0. The molecule has 0 spiro atoms. The summed E-state index contributed by atoms with van der Waals surface area (Å²) in [6, 6.07) is 0. The van der Waals surface area contributed by atoms with Crippen LogP contribution in [0.1, 0.15) is 58.3 Å². The predicted octanol–water partition coefficient (Wildman–Crippen LogP) is 5.98. The molecule has 0 bridgehead atoms. The number of halogens is 3. The molecule has 120 valence electrons. The van der Waals surface area contributed by atoms with E-state index in [1.165, 1.54) is 0 Å². The van der Waals surface area contributed by atoms with Gasteiger partial charge in [-0.05, 0) is 70.1 Å². The molecule has 2 rings (SSSR count). The van der Waals surface area contributed by atoms with Crippen LogP contribution >= 0.6 is 0 Å². The molecule has 4 heteroatoms. The van der Waals surface area contributed by atoms with Gasteiger partial charge in [-0.25, -0.2) is 4.39 Å². The van der Waals surface area contributed by atoms with Gasteiger partial charge in [0.05, 0.1) is 12.4 Å². The topological polar surface area (TPSA) is 9.23 Å². The normalized spacial score (nSPS) is 33.9. The smallest absolute Gasteiger partial charge is 0.301 e. The quantitative estimate of drug-likeness (QED) is 0.580. The monoisotopic (exact) mass is 302 g/mol. The molecule has 2 aliphatic rings. The maximum Gasteiger partial charge on any atom is 0.301 e. The summed E-state index contributed by atoms with van der Waals surface area (Å²) in [6.45, 7) is 1.94. The highest BCUT2D eigenvalue weighted by atomic mass is 19.3. The Morgan fingerprint density at radius 1 is 0.857 bits per heavy atom. The van der Waals surface area contributed by atoms with Crippen LogP contribution < -0.4 is 0 Å². The van der Waals surface area contributed by atoms with Gasteiger partial charge < -0.3 is 4.74 Å². The molecular formula is C17H25F3O. The van der Waals surface area contributed by atoms with Gasteiger partial charge in [-0.2, -0.15) is 8.78 Å². The van der Waals surface area contributed by atoms with Crippen LogP contribution in [0.2, 0.25) is 0 Å². The maximum atomic E-state index is 13.3. The molecule has 0 amide bonds. The predicted molar refractivity (Wildman–Crippen MR) is 77.4 cm³/mol. The van der Waals surface area contributed by atoms with Crippen molar-refractivity contribution >= 4 is 0 Å². The third-order valence-corrected chi connectivity index (χ3v) is 5.10. The number of allylic oxidation sites excluding steroid dienone is 2. The molecule has 0 aromatic heterocycles. The standard InChI is InChI=1S/C17H25F3O/c1-2-11-21-15-9-7-13(8-10-15)12-3-5-14(6-4-12)16(18)17(19)20/h2,11-15H,3-10H2,1H3/b11-2+. The van der Waals surface area contributed by atoms with E-state index in [1.54, 1.807) is 6.26 Å². The van der Waals surface area contributed by atoms with Gasteiger partial charge in [0.1, 0.15) is 0 Å². The van der Waals surface area contributed by atoms with E-state index < -0.39 is 17.8 Å². The molecule has 0 unspecified atom stereocenters. The minimum absolute atomic E-state index is 0.329. The van der Waals surface area contributed by atoms with E-state index in [0.717, 1.165) is 38.5 Å². The average Bonchev–Trinajstić information content (AvgIpc) is 2.53. The fraction of sp³-hybridized carbons (Fsp3) is 0.765. The SMILES string of the molecule is C/C=C/OC1CCC(C2CCC(C(F)=C(F)F)CC2)CC1. The van der Waals surface area contributed by atoms with Crippen LogP contribution in [-0.2, 0) is 4.74 Å². The molecule has 1 nitrogen and oxygen atoms in total. The van der Waals surface area contributed by atoms with Crippen molar-refractivity contribution in [2.75, 3.05) is 0 Å². The third kappa shape index (κ3) is 4.52. The Morgan fingerprint density at radius 2 is 1.38 bits per heavy atom. The van der Waals surface area contributed by atoms with Crippen molar-refractivity contribution in [3.8, 4) is 0 Å². The Bertz CT molecular complexity index is 371. The Labute approximate surface area is 125 Å². The lowest BCUT2D eigenvalue weighted by Crippen LogP contribution is -2.28. The minimum Gasteiger partial charge on any atom is -0.498 e. The highest BCUT2D eigenvalue weighted by molar-refractivity contribution is 5.00. The Morgan fingerprint density at radius 3 is 1.86 bits per heavy atom. The van der Waals surface area contributed by atoms with E-state index in [4.69, 9.17) is 4.74 Å². The maximum absolute atomic E-state index is 13.3. The van der Waals surface area contributed by atoms with E-state index in [-0.39, 0.29) is 0 Å². The summed E-state index contributed by atoms with van der Waals surface area (Å²) in [4.78, 5) is 0. The first-order chi connectivity index (χ1) is 10.1. The van der Waals surface area contributed by atoms with Gasteiger partial charge in [-0.15, -0.1) is 0 Å². The van der Waals surface area contributed by atoms with Gasteiger partial charge in [0.2, 0.25) is 0 Å². The van der Waals surface area contributed by atoms with Gasteiger partial charge in [0, 0.05) is 5.92 Å². The molecule has 0 radical (unpaired) electrons. The fourth-order valence-corrected chi connectivity index (χ4v) is 3.88. The second-order valence-corrected chi connectivity index (χ2v) is 6.36. The summed E-state index contributed by atoms with van der Waals surface area (Å²) in [5.41, 5.74) is 0. The molecule has 0 aliphatic heterocycles. The van der Waals surface area contributed by atoms with Crippen LogP contribution in [0, 0.1) is 17.8 Å². The van der Waals surface area contributed by atoms with Gasteiger partial charge in [-0.3, -0.25) is 0 Å². The van der Waals surface area contributed by atoms with Crippen LogP contribution in [0.5, 0.6) is 0 Å². The average molecular weight is 302 g/mol. The summed E-state index contributed by atoms with van der Waals surface area (Å²) in [7, 11) is 0. The van der Waals surface area contributed by atoms with Crippen molar-refractivity contribution < 1.29 is 17.9 Å². The Hall–Kier alpha value is -0.930. The zero-order chi connectivity index (χ0) is 15.2. The summed E-state index contributed by atoms with van der Waals surface area (Å²) >= 11 is 0. The van der Waals surface area contributed by atoms with E-state index in [2.05, 4.69) is 0 Å². The van der Waals surface area contributed by atoms with Crippen molar-refractivity contribution in [2.24, 2.45) is 17.8 Å². The van der Waals surface area contributed by atoms with Gasteiger partial charge in [0.15, 0.2) is 5.83 Å². The highest BCUT2D eigenvalue weighted by Gasteiger charge is 2.33. The van der Waals surface area contributed by atoms with Crippen LogP contribution in [0.4, 0.5) is 13.2 Å². The largest absolute Gasteiger partial charge is 0.498 e. The molecule has 0 N–H and O–H groups in total. The summed E-state index contributed by atoms with van der Waals surface area (Å²) < 4.78 is 43.5. The number of hydrogen-bond donors (Lipinski definition) is 0. The van der Waals surface area contributed by atoms with Gasteiger partial charge >= 0.3 is 6.08 Å². The molecule has 0 heterocycles. The molecule has 0 atom stereocenters. The van der Waals surface area contributed by atoms with Crippen molar-refractivity contribution in [1.29, 1.82) is 0 Å². The zero-order valence-electron chi connectivity index (χ0n) is 12.7. The first-order valence-corrected chi connectivity index (χ1v) is 8.09. The number of ether oxygens (including phenoxy) is 1. The Balaban J connectivity index is 1.75. The second-order valence-electron chi connectivity index (χ2n) is 6.36. The van der Waals surface area contributed by atoms with Gasteiger partial charge in [0.25, 0.3) is 0 Å². The van der Waals surface area contributed by atoms with Crippen LogP contribution in [-0.4, -0.2) is 6.10 Å².